The zero-order chi connectivity index (χ0) is 15.9. The number of aryl methyl sites for hydroxylation is 1. The van der Waals surface area contributed by atoms with Crippen LogP contribution in [-0.4, -0.2) is 26.7 Å². The van der Waals surface area contributed by atoms with E-state index in [1.54, 1.807) is 6.92 Å². The van der Waals surface area contributed by atoms with Crippen LogP contribution in [0.5, 0.6) is 0 Å². The normalized spacial score (nSPS) is 12.9. The van der Waals surface area contributed by atoms with Crippen LogP contribution in [-0.2, 0) is 10.0 Å². The molecule has 0 aliphatic carbocycles. The molecule has 0 saturated carbocycles. The first kappa shape index (κ1) is 17.6. The topological polar surface area (TPSA) is 90.2 Å². The minimum absolute atomic E-state index is 0.0579. The zero-order valence-corrected chi connectivity index (χ0v) is 13.3. The number of aliphatic hydroxyl groups excluding tert-OH is 1. The van der Waals surface area contributed by atoms with Gasteiger partial charge in [-0.2, -0.15) is 5.26 Å². The standard InChI is InChI=1S/C15H22N2O3S/c1-3-4-13(7-8-18)11-17-21(19,20)15-6-5-14(10-16)12(2)9-15/h5-6,9,13,17-18H,3-4,7-8,11H2,1-2H3. The summed E-state index contributed by atoms with van der Waals surface area (Å²) in [5.74, 6) is 0.134. The molecule has 0 aliphatic heterocycles. The molecule has 0 aromatic heterocycles. The largest absolute Gasteiger partial charge is 0.396 e. The van der Waals surface area contributed by atoms with Crippen molar-refractivity contribution in [3.63, 3.8) is 0 Å². The van der Waals surface area contributed by atoms with Crippen LogP contribution in [0, 0.1) is 24.2 Å². The number of benzene rings is 1. The molecule has 1 unspecified atom stereocenters. The van der Waals surface area contributed by atoms with Gasteiger partial charge in [0, 0.05) is 13.2 Å². The van der Waals surface area contributed by atoms with Crippen molar-refractivity contribution >= 4 is 10.0 Å². The van der Waals surface area contributed by atoms with E-state index < -0.39 is 10.0 Å². The Morgan fingerprint density at radius 1 is 1.38 bits per heavy atom. The maximum Gasteiger partial charge on any atom is 0.240 e. The van der Waals surface area contributed by atoms with Gasteiger partial charge in [0.05, 0.1) is 16.5 Å². The van der Waals surface area contributed by atoms with Gasteiger partial charge in [-0.05, 0) is 49.4 Å². The average Bonchev–Trinajstić information content (AvgIpc) is 2.45. The quantitative estimate of drug-likeness (QED) is 0.768. The Morgan fingerprint density at radius 3 is 2.62 bits per heavy atom. The zero-order valence-electron chi connectivity index (χ0n) is 12.5. The van der Waals surface area contributed by atoms with E-state index in [1.807, 2.05) is 13.0 Å². The van der Waals surface area contributed by atoms with E-state index >= 15 is 0 Å². The van der Waals surface area contributed by atoms with E-state index in [1.165, 1.54) is 18.2 Å². The second-order valence-electron chi connectivity index (χ2n) is 5.11. The van der Waals surface area contributed by atoms with Crippen molar-refractivity contribution in [3.8, 4) is 6.07 Å². The molecule has 0 spiro atoms. The number of nitrogens with zero attached hydrogens (tertiary/aromatic N) is 1. The van der Waals surface area contributed by atoms with Gasteiger partial charge in [-0.25, -0.2) is 13.1 Å². The van der Waals surface area contributed by atoms with Gasteiger partial charge in [0.2, 0.25) is 10.0 Å². The SMILES string of the molecule is CCCC(CCO)CNS(=O)(=O)c1ccc(C#N)c(C)c1. The minimum Gasteiger partial charge on any atom is -0.396 e. The van der Waals surface area contributed by atoms with Crippen LogP contribution in [0.1, 0.15) is 37.3 Å². The van der Waals surface area contributed by atoms with Crippen LogP contribution in [0.2, 0.25) is 0 Å². The summed E-state index contributed by atoms with van der Waals surface area (Å²) >= 11 is 0. The molecule has 1 aromatic rings. The van der Waals surface area contributed by atoms with Crippen molar-refractivity contribution < 1.29 is 13.5 Å². The van der Waals surface area contributed by atoms with Gasteiger partial charge in [-0.15, -0.1) is 0 Å². The first-order chi connectivity index (χ1) is 9.94. The third kappa shape index (κ3) is 5.12. The van der Waals surface area contributed by atoms with E-state index in [2.05, 4.69) is 4.72 Å². The Morgan fingerprint density at radius 2 is 2.10 bits per heavy atom. The Kier molecular flexibility index (Phi) is 6.82. The highest BCUT2D eigenvalue weighted by molar-refractivity contribution is 7.89. The molecule has 2 N–H and O–H groups in total. The van der Waals surface area contributed by atoms with Gasteiger partial charge in [0.1, 0.15) is 0 Å². The summed E-state index contributed by atoms with van der Waals surface area (Å²) in [6.45, 7) is 4.12. The number of rotatable bonds is 8. The third-order valence-corrected chi connectivity index (χ3v) is 4.85. The summed E-state index contributed by atoms with van der Waals surface area (Å²) < 4.78 is 27.1. The molecule has 0 saturated heterocycles. The van der Waals surface area contributed by atoms with Crippen molar-refractivity contribution in [3.05, 3.63) is 29.3 Å². The molecule has 116 valence electrons. The van der Waals surface area contributed by atoms with Gasteiger partial charge in [-0.3, -0.25) is 0 Å². The lowest BCUT2D eigenvalue weighted by atomic mass is 10.0. The molecule has 5 nitrogen and oxygen atoms in total. The summed E-state index contributed by atoms with van der Waals surface area (Å²) in [4.78, 5) is 0.165. The Labute approximate surface area is 126 Å². The van der Waals surface area contributed by atoms with Gasteiger partial charge >= 0.3 is 0 Å². The lowest BCUT2D eigenvalue weighted by molar-refractivity contribution is 0.251. The fourth-order valence-electron chi connectivity index (χ4n) is 2.18. The van der Waals surface area contributed by atoms with Crippen molar-refractivity contribution in [1.29, 1.82) is 5.26 Å². The summed E-state index contributed by atoms with van der Waals surface area (Å²) in [5.41, 5.74) is 1.11. The maximum atomic E-state index is 12.2. The van der Waals surface area contributed by atoms with Crippen LogP contribution in [0.15, 0.2) is 23.1 Å². The van der Waals surface area contributed by atoms with Crippen LogP contribution >= 0.6 is 0 Å². The molecule has 1 atom stereocenters. The number of sulfonamides is 1. The monoisotopic (exact) mass is 310 g/mol. The molecule has 0 radical (unpaired) electrons. The molecule has 0 bridgehead atoms. The second-order valence-corrected chi connectivity index (χ2v) is 6.87. The van der Waals surface area contributed by atoms with E-state index in [4.69, 9.17) is 10.4 Å². The molecule has 0 amide bonds. The third-order valence-electron chi connectivity index (χ3n) is 3.42. The lowest BCUT2D eigenvalue weighted by Gasteiger charge is -2.16. The predicted octanol–water partition coefficient (Wildman–Crippen LogP) is 1.94. The Balaban J connectivity index is 2.82. The second kappa shape index (κ2) is 8.13. The predicted molar refractivity (Wildman–Crippen MR) is 81.2 cm³/mol. The summed E-state index contributed by atoms with van der Waals surface area (Å²) in [5, 5.41) is 17.9. The molecular weight excluding hydrogens is 288 g/mol. The summed E-state index contributed by atoms with van der Waals surface area (Å²) in [6, 6.07) is 6.47. The molecule has 1 aromatic carbocycles. The number of hydrogen-bond acceptors (Lipinski definition) is 4. The van der Waals surface area contributed by atoms with Crippen LogP contribution in [0.25, 0.3) is 0 Å². The maximum absolute atomic E-state index is 12.2. The van der Waals surface area contributed by atoms with Crippen molar-refractivity contribution in [1.82, 2.24) is 4.72 Å². The number of nitriles is 1. The van der Waals surface area contributed by atoms with Crippen molar-refractivity contribution in [2.24, 2.45) is 5.92 Å². The summed E-state index contributed by atoms with van der Waals surface area (Å²) in [6.07, 6.45) is 2.40. The molecule has 0 heterocycles. The first-order valence-electron chi connectivity index (χ1n) is 7.05. The molecule has 21 heavy (non-hydrogen) atoms. The van der Waals surface area contributed by atoms with Gasteiger partial charge in [0.25, 0.3) is 0 Å². The fraction of sp³-hybridized carbons (Fsp3) is 0.533. The Hall–Kier alpha value is -1.42. The van der Waals surface area contributed by atoms with E-state index in [-0.39, 0.29) is 17.4 Å². The molecule has 0 aliphatic rings. The number of hydrogen-bond donors (Lipinski definition) is 2. The van der Waals surface area contributed by atoms with Crippen molar-refractivity contribution in [2.45, 2.75) is 38.0 Å². The van der Waals surface area contributed by atoms with Crippen LogP contribution < -0.4 is 4.72 Å². The lowest BCUT2D eigenvalue weighted by Crippen LogP contribution is -2.30. The molecule has 0 fully saturated rings. The minimum atomic E-state index is -3.58. The van der Waals surface area contributed by atoms with Gasteiger partial charge < -0.3 is 5.11 Å². The number of nitrogens with one attached hydrogen (secondary N) is 1. The average molecular weight is 310 g/mol. The van der Waals surface area contributed by atoms with Gasteiger partial charge in [0.15, 0.2) is 0 Å². The number of aliphatic hydroxyl groups is 1. The first-order valence-corrected chi connectivity index (χ1v) is 8.54. The highest BCUT2D eigenvalue weighted by Crippen LogP contribution is 2.16. The van der Waals surface area contributed by atoms with E-state index in [0.717, 1.165) is 12.8 Å². The molecule has 1 rings (SSSR count). The molecular formula is C15H22N2O3S. The van der Waals surface area contributed by atoms with E-state index in [9.17, 15) is 8.42 Å². The highest BCUT2D eigenvalue weighted by Gasteiger charge is 2.17. The van der Waals surface area contributed by atoms with Gasteiger partial charge in [-0.1, -0.05) is 13.3 Å². The molecule has 6 heteroatoms. The van der Waals surface area contributed by atoms with E-state index in [0.29, 0.717) is 24.1 Å². The Bertz CT molecular complexity index is 600. The highest BCUT2D eigenvalue weighted by atomic mass is 32.2. The smallest absolute Gasteiger partial charge is 0.240 e. The van der Waals surface area contributed by atoms with Crippen molar-refractivity contribution in [2.75, 3.05) is 13.2 Å². The fourth-order valence-corrected chi connectivity index (χ4v) is 3.38. The van der Waals surface area contributed by atoms with Crippen LogP contribution in [0.3, 0.4) is 0 Å². The van der Waals surface area contributed by atoms with Crippen LogP contribution in [0.4, 0.5) is 0 Å². The summed E-state index contributed by atoms with van der Waals surface area (Å²) in [7, 11) is -3.58.